The molecule has 0 unspecified atom stereocenters. The molecule has 0 aromatic heterocycles. The fourth-order valence-electron chi connectivity index (χ4n) is 2.15. The van der Waals surface area contributed by atoms with Gasteiger partial charge < -0.3 is 10.4 Å². The van der Waals surface area contributed by atoms with Gasteiger partial charge >= 0.3 is 12.0 Å². The molecule has 0 atom stereocenters. The van der Waals surface area contributed by atoms with Gasteiger partial charge in [-0.15, -0.1) is 0 Å². The second-order valence-electron chi connectivity index (χ2n) is 5.14. The van der Waals surface area contributed by atoms with Crippen LogP contribution >= 0.6 is 0 Å². The van der Waals surface area contributed by atoms with Gasteiger partial charge in [0, 0.05) is 13.0 Å². The van der Waals surface area contributed by atoms with E-state index < -0.39 is 17.9 Å². The van der Waals surface area contributed by atoms with E-state index in [-0.39, 0.29) is 18.3 Å². The summed E-state index contributed by atoms with van der Waals surface area (Å²) in [7, 11) is 0. The number of urea groups is 1. The van der Waals surface area contributed by atoms with E-state index in [1.807, 2.05) is 0 Å². The van der Waals surface area contributed by atoms with Crippen LogP contribution < -0.4 is 10.6 Å². The number of rotatable bonds is 5. The lowest BCUT2D eigenvalue weighted by atomic mass is 9.89. The number of hydrogen-bond acceptors (Lipinski definition) is 3. The van der Waals surface area contributed by atoms with Crippen molar-refractivity contribution in [2.75, 3.05) is 6.54 Å². The molecule has 0 bridgehead atoms. The van der Waals surface area contributed by atoms with Gasteiger partial charge in [0.15, 0.2) is 0 Å². The second-order valence-corrected chi connectivity index (χ2v) is 5.14. The zero-order valence-electron chi connectivity index (χ0n) is 10.6. The Hall–Kier alpha value is -1.59. The van der Waals surface area contributed by atoms with Crippen molar-refractivity contribution in [2.45, 2.75) is 45.4 Å². The van der Waals surface area contributed by atoms with Crippen molar-refractivity contribution < 1.29 is 19.5 Å². The summed E-state index contributed by atoms with van der Waals surface area (Å²) in [5.74, 6) is -1.62. The maximum absolute atomic E-state index is 11.4. The highest BCUT2D eigenvalue weighted by Gasteiger charge is 2.28. The van der Waals surface area contributed by atoms with Crippen molar-refractivity contribution in [2.24, 2.45) is 5.41 Å². The summed E-state index contributed by atoms with van der Waals surface area (Å²) in [6.07, 6.45) is 4.08. The number of aliphatic carboxylic acids is 1. The minimum Gasteiger partial charge on any atom is -0.481 e. The SMILES string of the molecule is CC1(CNC(=O)NC(=O)CCC(=O)O)CCCC1. The predicted molar refractivity (Wildman–Crippen MR) is 65.0 cm³/mol. The molecule has 0 saturated heterocycles. The first-order valence-electron chi connectivity index (χ1n) is 6.21. The molecular formula is C12H20N2O4. The second kappa shape index (κ2) is 6.37. The molecule has 0 aromatic carbocycles. The van der Waals surface area contributed by atoms with Crippen LogP contribution in [0.25, 0.3) is 0 Å². The summed E-state index contributed by atoms with van der Waals surface area (Å²) in [6, 6.07) is -0.543. The zero-order chi connectivity index (χ0) is 13.6. The lowest BCUT2D eigenvalue weighted by Crippen LogP contribution is -2.43. The van der Waals surface area contributed by atoms with E-state index in [1.54, 1.807) is 0 Å². The third-order valence-electron chi connectivity index (χ3n) is 3.31. The molecule has 0 radical (unpaired) electrons. The van der Waals surface area contributed by atoms with Gasteiger partial charge in [-0.2, -0.15) is 0 Å². The molecule has 1 rings (SSSR count). The summed E-state index contributed by atoms with van der Waals surface area (Å²) in [5, 5.41) is 13.2. The van der Waals surface area contributed by atoms with Crippen LogP contribution in [0.3, 0.4) is 0 Å². The Morgan fingerprint density at radius 2 is 1.78 bits per heavy atom. The molecule has 3 N–H and O–H groups in total. The van der Waals surface area contributed by atoms with Crippen molar-refractivity contribution in [3.05, 3.63) is 0 Å². The number of carboxylic acid groups (broad SMARTS) is 1. The van der Waals surface area contributed by atoms with Gasteiger partial charge in [-0.3, -0.25) is 14.9 Å². The third-order valence-corrected chi connectivity index (χ3v) is 3.31. The number of nitrogens with one attached hydrogen (secondary N) is 2. The Morgan fingerprint density at radius 1 is 1.17 bits per heavy atom. The molecule has 1 aliphatic rings. The molecule has 1 saturated carbocycles. The zero-order valence-corrected chi connectivity index (χ0v) is 10.6. The Morgan fingerprint density at radius 3 is 2.33 bits per heavy atom. The molecule has 102 valence electrons. The largest absolute Gasteiger partial charge is 0.481 e. The standard InChI is InChI=1S/C12H20N2O4/c1-12(6-2-3-7-12)8-13-11(18)14-9(15)4-5-10(16)17/h2-8H2,1H3,(H,16,17)(H2,13,14,15,18). The van der Waals surface area contributed by atoms with E-state index in [0.29, 0.717) is 6.54 Å². The molecule has 0 aliphatic heterocycles. The Kier molecular flexibility index (Phi) is 5.12. The van der Waals surface area contributed by atoms with E-state index in [4.69, 9.17) is 5.11 Å². The predicted octanol–water partition coefficient (Wildman–Crippen LogP) is 1.26. The number of amides is 3. The highest BCUT2D eigenvalue weighted by molar-refractivity contribution is 5.95. The number of carbonyl (C=O) groups excluding carboxylic acids is 2. The van der Waals surface area contributed by atoms with Gasteiger partial charge in [0.25, 0.3) is 0 Å². The third kappa shape index (κ3) is 5.16. The first kappa shape index (κ1) is 14.5. The van der Waals surface area contributed by atoms with Gasteiger partial charge in [-0.1, -0.05) is 19.8 Å². The van der Waals surface area contributed by atoms with E-state index in [2.05, 4.69) is 17.6 Å². The number of imide groups is 1. The van der Waals surface area contributed by atoms with Crippen LogP contribution in [0.5, 0.6) is 0 Å². The van der Waals surface area contributed by atoms with Gasteiger partial charge in [-0.05, 0) is 18.3 Å². The lowest BCUT2D eigenvalue weighted by molar-refractivity contribution is -0.138. The van der Waals surface area contributed by atoms with E-state index >= 15 is 0 Å². The maximum atomic E-state index is 11.4. The van der Waals surface area contributed by atoms with Crippen LogP contribution in [0.4, 0.5) is 4.79 Å². The number of hydrogen-bond donors (Lipinski definition) is 3. The monoisotopic (exact) mass is 256 g/mol. The van der Waals surface area contributed by atoms with Crippen molar-refractivity contribution in [3.63, 3.8) is 0 Å². The first-order chi connectivity index (χ1) is 8.41. The molecule has 18 heavy (non-hydrogen) atoms. The minimum absolute atomic E-state index is 0.126. The summed E-state index contributed by atoms with van der Waals surface area (Å²) >= 11 is 0. The minimum atomic E-state index is -1.05. The van der Waals surface area contributed by atoms with Crippen LogP contribution in [0, 0.1) is 5.41 Å². The van der Waals surface area contributed by atoms with E-state index in [9.17, 15) is 14.4 Å². The first-order valence-corrected chi connectivity index (χ1v) is 6.21. The Balaban J connectivity index is 2.20. The van der Waals surface area contributed by atoms with Crippen LogP contribution in [-0.2, 0) is 9.59 Å². The molecule has 1 aliphatic carbocycles. The Bertz CT molecular complexity index is 335. The number of carbonyl (C=O) groups is 3. The number of carboxylic acids is 1. The smallest absolute Gasteiger partial charge is 0.321 e. The van der Waals surface area contributed by atoms with Gasteiger partial charge in [0.2, 0.25) is 5.91 Å². The van der Waals surface area contributed by atoms with Crippen LogP contribution in [0.15, 0.2) is 0 Å². The molecule has 0 aromatic rings. The molecule has 3 amide bonds. The molecule has 0 spiro atoms. The molecular weight excluding hydrogens is 236 g/mol. The van der Waals surface area contributed by atoms with E-state index in [1.165, 1.54) is 12.8 Å². The maximum Gasteiger partial charge on any atom is 0.321 e. The van der Waals surface area contributed by atoms with Crippen molar-refractivity contribution in [3.8, 4) is 0 Å². The average molecular weight is 256 g/mol. The Labute approximate surface area is 106 Å². The quantitative estimate of drug-likeness (QED) is 0.690. The van der Waals surface area contributed by atoms with E-state index in [0.717, 1.165) is 12.8 Å². The highest BCUT2D eigenvalue weighted by atomic mass is 16.4. The summed E-state index contributed by atoms with van der Waals surface area (Å²) in [6.45, 7) is 2.66. The summed E-state index contributed by atoms with van der Waals surface area (Å²) in [4.78, 5) is 32.9. The lowest BCUT2D eigenvalue weighted by Gasteiger charge is -2.23. The fraction of sp³-hybridized carbons (Fsp3) is 0.750. The molecule has 6 nitrogen and oxygen atoms in total. The van der Waals surface area contributed by atoms with Gasteiger partial charge in [0.1, 0.15) is 0 Å². The van der Waals surface area contributed by atoms with Gasteiger partial charge in [0.05, 0.1) is 6.42 Å². The van der Waals surface area contributed by atoms with Crippen LogP contribution in [0.2, 0.25) is 0 Å². The normalized spacial score (nSPS) is 17.2. The molecule has 0 heterocycles. The summed E-state index contributed by atoms with van der Waals surface area (Å²) in [5.41, 5.74) is 0.126. The van der Waals surface area contributed by atoms with Crippen molar-refractivity contribution in [1.82, 2.24) is 10.6 Å². The van der Waals surface area contributed by atoms with Crippen LogP contribution in [-0.4, -0.2) is 29.6 Å². The average Bonchev–Trinajstić information content (AvgIpc) is 2.72. The van der Waals surface area contributed by atoms with Gasteiger partial charge in [-0.25, -0.2) is 4.79 Å². The highest BCUT2D eigenvalue weighted by Crippen LogP contribution is 2.36. The van der Waals surface area contributed by atoms with Crippen molar-refractivity contribution in [1.29, 1.82) is 0 Å². The molecule has 1 fully saturated rings. The van der Waals surface area contributed by atoms with Crippen LogP contribution in [0.1, 0.15) is 45.4 Å². The topological polar surface area (TPSA) is 95.5 Å². The fourth-order valence-corrected chi connectivity index (χ4v) is 2.15. The van der Waals surface area contributed by atoms with Crippen molar-refractivity contribution >= 4 is 17.9 Å². The summed E-state index contributed by atoms with van der Waals surface area (Å²) < 4.78 is 0. The molecule has 6 heteroatoms.